The van der Waals surface area contributed by atoms with E-state index in [1.807, 2.05) is 17.0 Å². The number of aromatic nitrogens is 2. The number of benzene rings is 1. The second-order valence-electron chi connectivity index (χ2n) is 9.45. The number of nitrogens with zero attached hydrogens (tertiary/aromatic N) is 4. The lowest BCUT2D eigenvalue weighted by Crippen LogP contribution is -2.48. The maximum Gasteiger partial charge on any atom is 0.270 e. The largest absolute Gasteiger partial charge is 0.367 e. The van der Waals surface area contributed by atoms with Crippen molar-refractivity contribution in [3.63, 3.8) is 0 Å². The Morgan fingerprint density at radius 2 is 1.78 bits per heavy atom. The first-order valence-corrected chi connectivity index (χ1v) is 13.9. The summed E-state index contributed by atoms with van der Waals surface area (Å²) in [5.74, 6) is 0.210. The van der Waals surface area contributed by atoms with Crippen LogP contribution in [0.4, 0.5) is 5.82 Å². The lowest BCUT2D eigenvalue weighted by atomic mass is 10.1. The van der Waals surface area contributed by atoms with Crippen LogP contribution in [-0.2, 0) is 27.9 Å². The monoisotopic (exact) mass is 515 g/mol. The number of carbonyl (C=O) groups is 2. The molecular weight excluding hydrogens is 482 g/mol. The van der Waals surface area contributed by atoms with Gasteiger partial charge in [-0.3, -0.25) is 14.5 Å². The summed E-state index contributed by atoms with van der Waals surface area (Å²) in [5.41, 5.74) is 2.65. The van der Waals surface area contributed by atoms with Crippen LogP contribution in [0, 0.1) is 0 Å². The van der Waals surface area contributed by atoms with Crippen LogP contribution in [0.2, 0.25) is 0 Å². The first-order chi connectivity index (χ1) is 17.2. The molecule has 12 heteroatoms. The van der Waals surface area contributed by atoms with Gasteiger partial charge in [0.1, 0.15) is 17.8 Å². The molecule has 0 radical (unpaired) electrons. The van der Waals surface area contributed by atoms with Gasteiger partial charge in [-0.25, -0.2) is 23.1 Å². The highest BCUT2D eigenvalue weighted by atomic mass is 32.2. The van der Waals surface area contributed by atoms with Crippen LogP contribution in [0.15, 0.2) is 36.7 Å². The van der Waals surface area contributed by atoms with E-state index in [1.165, 1.54) is 17.5 Å². The van der Waals surface area contributed by atoms with E-state index < -0.39 is 22.0 Å². The Bertz CT molecular complexity index is 1170. The van der Waals surface area contributed by atoms with Crippen molar-refractivity contribution >= 4 is 27.7 Å². The molecule has 1 saturated heterocycles. The van der Waals surface area contributed by atoms with Gasteiger partial charge in [-0.15, -0.1) is 0 Å². The number of nitrogens with one attached hydrogen (secondary N) is 3. The van der Waals surface area contributed by atoms with E-state index >= 15 is 0 Å². The molecular formula is C24H33N7O4S. The van der Waals surface area contributed by atoms with Crippen LogP contribution >= 0.6 is 0 Å². The second-order valence-corrected chi connectivity index (χ2v) is 11.2. The van der Waals surface area contributed by atoms with Crippen LogP contribution in [0.5, 0.6) is 0 Å². The Morgan fingerprint density at radius 3 is 2.39 bits per heavy atom. The molecule has 36 heavy (non-hydrogen) atoms. The molecule has 2 aliphatic rings. The number of sulfonamides is 1. The number of fused-ring (bicyclic) bond motifs is 1. The molecule has 2 aliphatic heterocycles. The summed E-state index contributed by atoms with van der Waals surface area (Å²) in [6.07, 6.45) is 4.04. The van der Waals surface area contributed by atoms with Gasteiger partial charge in [-0.1, -0.05) is 24.3 Å². The van der Waals surface area contributed by atoms with Gasteiger partial charge in [0.05, 0.1) is 12.3 Å². The maximum atomic E-state index is 12.8. The standard InChI is InChI=1S/C24H33N7O4S/c1-17(32)31-9-7-20(8-10-31)28-23-11-22(26-16-27-23)24(33)25-12-21(29-36(2,34)35)15-30-13-18-5-3-4-6-19(18)14-30/h3-6,11,16,20-21,29H,7-10,12-15H2,1-2H3,(H,25,33)(H,26,27,28)/t21-/m0/s1. The zero-order valence-corrected chi connectivity index (χ0v) is 21.4. The molecule has 2 aromatic rings. The summed E-state index contributed by atoms with van der Waals surface area (Å²) in [5, 5.41) is 6.13. The Kier molecular flexibility index (Phi) is 8.17. The summed E-state index contributed by atoms with van der Waals surface area (Å²) in [4.78, 5) is 36.6. The molecule has 2 amide bonds. The summed E-state index contributed by atoms with van der Waals surface area (Å²) in [6.45, 7) is 4.98. The predicted octanol–water partition coefficient (Wildman–Crippen LogP) is 0.563. The third-order valence-electron chi connectivity index (χ3n) is 6.47. The number of rotatable bonds is 9. The molecule has 1 aromatic carbocycles. The molecule has 0 saturated carbocycles. The van der Waals surface area contributed by atoms with Gasteiger partial charge in [0.25, 0.3) is 5.91 Å². The number of piperidine rings is 1. The highest BCUT2D eigenvalue weighted by Crippen LogP contribution is 2.22. The lowest BCUT2D eigenvalue weighted by molar-refractivity contribution is -0.129. The minimum Gasteiger partial charge on any atom is -0.367 e. The number of amides is 2. The van der Waals surface area contributed by atoms with Gasteiger partial charge in [0.15, 0.2) is 0 Å². The average molecular weight is 516 g/mol. The first kappa shape index (κ1) is 26.0. The fraction of sp³-hybridized carbons (Fsp3) is 0.500. The van der Waals surface area contributed by atoms with Crippen LogP contribution in [0.25, 0.3) is 0 Å². The summed E-state index contributed by atoms with van der Waals surface area (Å²) < 4.78 is 26.5. The smallest absolute Gasteiger partial charge is 0.270 e. The second kappa shape index (κ2) is 11.3. The molecule has 194 valence electrons. The van der Waals surface area contributed by atoms with Crippen molar-refractivity contribution in [2.75, 3.05) is 37.8 Å². The Hall–Kier alpha value is -3.09. The van der Waals surface area contributed by atoms with E-state index in [4.69, 9.17) is 0 Å². The third kappa shape index (κ3) is 7.21. The maximum absolute atomic E-state index is 12.8. The molecule has 0 spiro atoms. The lowest BCUT2D eigenvalue weighted by Gasteiger charge is -2.31. The van der Waals surface area contributed by atoms with Gasteiger partial charge in [0, 0.05) is 58.3 Å². The summed E-state index contributed by atoms with van der Waals surface area (Å²) in [6, 6.07) is 9.38. The van der Waals surface area contributed by atoms with Gasteiger partial charge in [0.2, 0.25) is 15.9 Å². The van der Waals surface area contributed by atoms with E-state index in [0.29, 0.717) is 25.5 Å². The molecule has 3 N–H and O–H groups in total. The highest BCUT2D eigenvalue weighted by Gasteiger charge is 2.25. The SMILES string of the molecule is CC(=O)N1CCC(Nc2cc(C(=O)NC[C@@H](CN3Cc4ccccc4C3)NS(C)(=O)=O)ncn2)CC1. The summed E-state index contributed by atoms with van der Waals surface area (Å²) in [7, 11) is -3.47. The average Bonchev–Trinajstić information content (AvgIpc) is 3.24. The van der Waals surface area contributed by atoms with E-state index in [0.717, 1.165) is 32.2 Å². The molecule has 1 aromatic heterocycles. The molecule has 11 nitrogen and oxygen atoms in total. The van der Waals surface area contributed by atoms with Gasteiger partial charge in [-0.05, 0) is 24.0 Å². The van der Waals surface area contributed by atoms with Gasteiger partial charge < -0.3 is 15.5 Å². The molecule has 3 heterocycles. The van der Waals surface area contributed by atoms with Gasteiger partial charge in [-0.2, -0.15) is 0 Å². The van der Waals surface area contributed by atoms with Crippen LogP contribution in [0.3, 0.4) is 0 Å². The van der Waals surface area contributed by atoms with E-state index in [1.54, 1.807) is 13.0 Å². The fourth-order valence-electron chi connectivity index (χ4n) is 4.71. The zero-order chi connectivity index (χ0) is 25.7. The van der Waals surface area contributed by atoms with Crippen molar-refractivity contribution in [3.8, 4) is 0 Å². The fourth-order valence-corrected chi connectivity index (χ4v) is 5.47. The van der Waals surface area contributed by atoms with E-state index in [9.17, 15) is 18.0 Å². The predicted molar refractivity (Wildman–Crippen MR) is 136 cm³/mol. The number of anilines is 1. The molecule has 0 bridgehead atoms. The van der Waals surface area contributed by atoms with Crippen molar-refractivity contribution in [2.45, 2.75) is 44.9 Å². The van der Waals surface area contributed by atoms with Crippen molar-refractivity contribution in [2.24, 2.45) is 0 Å². The quantitative estimate of drug-likeness (QED) is 0.441. The van der Waals surface area contributed by atoms with Gasteiger partial charge >= 0.3 is 0 Å². The van der Waals surface area contributed by atoms with Crippen LogP contribution < -0.4 is 15.4 Å². The Labute approximate surface area is 211 Å². The molecule has 1 fully saturated rings. The Morgan fingerprint density at radius 1 is 1.11 bits per heavy atom. The normalized spacial score (nSPS) is 17.4. The first-order valence-electron chi connectivity index (χ1n) is 12.0. The molecule has 1 atom stereocenters. The van der Waals surface area contributed by atoms with Crippen LogP contribution in [-0.4, -0.2) is 84.5 Å². The number of likely N-dealkylation sites (tertiary alicyclic amines) is 1. The molecule has 0 unspecified atom stereocenters. The molecule has 4 rings (SSSR count). The minimum atomic E-state index is -3.47. The van der Waals surface area contributed by atoms with Crippen molar-refractivity contribution < 1.29 is 18.0 Å². The summed E-state index contributed by atoms with van der Waals surface area (Å²) >= 11 is 0. The van der Waals surface area contributed by atoms with E-state index in [-0.39, 0.29) is 24.2 Å². The zero-order valence-electron chi connectivity index (χ0n) is 20.6. The van der Waals surface area contributed by atoms with Crippen molar-refractivity contribution in [1.82, 2.24) is 29.8 Å². The van der Waals surface area contributed by atoms with Crippen molar-refractivity contribution in [1.29, 1.82) is 0 Å². The Balaban J connectivity index is 1.32. The highest BCUT2D eigenvalue weighted by molar-refractivity contribution is 7.88. The topological polar surface area (TPSA) is 137 Å². The van der Waals surface area contributed by atoms with Crippen molar-refractivity contribution in [3.05, 3.63) is 53.5 Å². The number of hydrogen-bond acceptors (Lipinski definition) is 8. The third-order valence-corrected chi connectivity index (χ3v) is 7.23. The number of hydrogen-bond donors (Lipinski definition) is 3. The minimum absolute atomic E-state index is 0.0763. The number of carbonyl (C=O) groups excluding carboxylic acids is 2. The van der Waals surface area contributed by atoms with Crippen LogP contribution in [0.1, 0.15) is 41.4 Å². The molecule has 0 aliphatic carbocycles. The van der Waals surface area contributed by atoms with E-state index in [2.05, 4.69) is 42.4 Å².